The minimum atomic E-state index is -3.78. The number of carbonyl (C=O) groups is 1. The van der Waals surface area contributed by atoms with E-state index in [9.17, 15) is 13.2 Å². The fraction of sp³-hybridized carbons (Fsp3) is 0.552. The van der Waals surface area contributed by atoms with E-state index in [0.29, 0.717) is 23.8 Å². The third-order valence-corrected chi connectivity index (χ3v) is 11.0. The number of ether oxygens (including phenoxy) is 1. The quantitative estimate of drug-likeness (QED) is 0.186. The molecule has 0 amide bonds. The van der Waals surface area contributed by atoms with Crippen molar-refractivity contribution < 1.29 is 17.9 Å². The Balaban J connectivity index is 2.18. The summed E-state index contributed by atoms with van der Waals surface area (Å²) in [7, 11) is -2.01. The van der Waals surface area contributed by atoms with Crippen LogP contribution in [0.3, 0.4) is 0 Å². The lowest BCUT2D eigenvalue weighted by Gasteiger charge is -2.42. The number of nitrogens with zero attached hydrogens (tertiary/aromatic N) is 2. The number of benzene rings is 2. The van der Waals surface area contributed by atoms with E-state index in [-0.39, 0.29) is 11.7 Å². The fourth-order valence-corrected chi connectivity index (χ4v) is 8.38. The van der Waals surface area contributed by atoms with Gasteiger partial charge >= 0.3 is 5.97 Å². The summed E-state index contributed by atoms with van der Waals surface area (Å²) in [5.41, 5.74) is 2.12. The van der Waals surface area contributed by atoms with Gasteiger partial charge in [0.2, 0.25) is 10.0 Å². The maximum Gasteiger partial charge on any atom is 0.315 e. The molecule has 0 fully saturated rings. The van der Waals surface area contributed by atoms with Gasteiger partial charge in [0.05, 0.1) is 23.6 Å². The average molecular weight is 579 g/mol. The number of carbonyl (C=O) groups excluding carboxylic acids is 1. The summed E-state index contributed by atoms with van der Waals surface area (Å²) in [4.78, 5) is 15.5. The SMILES string of the molecule is CCCCC1(CCCC)CN(c2ccccc2)c2cc(SC)c(CSCC(=O)OCC)cc2S(=O)(=O)N1C. The van der Waals surface area contributed by atoms with Crippen LogP contribution in [0, 0.1) is 0 Å². The van der Waals surface area contributed by atoms with E-state index < -0.39 is 15.6 Å². The molecule has 0 saturated heterocycles. The van der Waals surface area contributed by atoms with Crippen molar-refractivity contribution in [1.82, 2.24) is 4.31 Å². The molecule has 0 saturated carbocycles. The molecular weight excluding hydrogens is 537 g/mol. The Morgan fingerprint density at radius 2 is 1.71 bits per heavy atom. The van der Waals surface area contributed by atoms with Gasteiger partial charge in [-0.2, -0.15) is 4.31 Å². The highest BCUT2D eigenvalue weighted by molar-refractivity contribution is 7.99. The Morgan fingerprint density at radius 3 is 2.29 bits per heavy atom. The van der Waals surface area contributed by atoms with Crippen molar-refractivity contribution in [3.63, 3.8) is 0 Å². The highest BCUT2D eigenvalue weighted by Crippen LogP contribution is 2.46. The predicted molar refractivity (Wildman–Crippen MR) is 161 cm³/mol. The van der Waals surface area contributed by atoms with Gasteiger partial charge < -0.3 is 9.64 Å². The van der Waals surface area contributed by atoms with Crippen LogP contribution < -0.4 is 4.90 Å². The summed E-state index contributed by atoms with van der Waals surface area (Å²) < 4.78 is 35.5. The van der Waals surface area contributed by atoms with Crippen LogP contribution in [-0.2, 0) is 25.3 Å². The Hall–Kier alpha value is -1.68. The number of sulfonamides is 1. The van der Waals surface area contributed by atoms with Crippen molar-refractivity contribution in [2.24, 2.45) is 0 Å². The van der Waals surface area contributed by atoms with Crippen molar-refractivity contribution in [3.8, 4) is 0 Å². The standard InChI is InChI=1S/C29H42N2O4S3/c1-6-9-16-29(17-10-7-2)22-31(24-14-12-11-13-15-24)25-19-26(36-5)23(20-37-21-28(32)35-8-3)18-27(25)38(33,34)30(29)4/h11-15,18-19H,6-10,16-17,20-22H2,1-5H3. The minimum absolute atomic E-state index is 0.235. The molecule has 1 heterocycles. The molecule has 38 heavy (non-hydrogen) atoms. The topological polar surface area (TPSA) is 66.9 Å². The summed E-state index contributed by atoms with van der Waals surface area (Å²) in [6.07, 6.45) is 7.60. The fourth-order valence-electron chi connectivity index (χ4n) is 5.09. The highest BCUT2D eigenvalue weighted by atomic mass is 32.2. The summed E-state index contributed by atoms with van der Waals surface area (Å²) >= 11 is 3.06. The molecule has 0 aromatic heterocycles. The van der Waals surface area contributed by atoms with E-state index in [1.54, 1.807) is 30.0 Å². The smallest absolute Gasteiger partial charge is 0.315 e. The van der Waals surface area contributed by atoms with E-state index in [4.69, 9.17) is 4.74 Å². The van der Waals surface area contributed by atoms with Crippen LogP contribution in [-0.4, -0.2) is 56.4 Å². The van der Waals surface area contributed by atoms with Crippen LogP contribution in [0.15, 0.2) is 52.3 Å². The number of hydrogen-bond donors (Lipinski definition) is 0. The van der Waals surface area contributed by atoms with E-state index >= 15 is 0 Å². The molecule has 0 radical (unpaired) electrons. The van der Waals surface area contributed by atoms with Crippen molar-refractivity contribution in [2.75, 3.05) is 37.1 Å². The van der Waals surface area contributed by atoms with Crippen molar-refractivity contribution in [2.45, 2.75) is 80.4 Å². The molecule has 0 bridgehead atoms. The largest absolute Gasteiger partial charge is 0.465 e. The molecule has 0 atom stereocenters. The van der Waals surface area contributed by atoms with E-state index in [1.807, 2.05) is 36.6 Å². The van der Waals surface area contributed by atoms with Gasteiger partial charge in [0, 0.05) is 29.9 Å². The lowest BCUT2D eigenvalue weighted by atomic mass is 9.86. The average Bonchev–Trinajstić information content (AvgIpc) is 2.99. The Bertz CT molecular complexity index is 1160. The maximum atomic E-state index is 14.4. The first-order valence-corrected chi connectivity index (χ1v) is 17.3. The first kappa shape index (κ1) is 30.9. The molecule has 210 valence electrons. The second kappa shape index (κ2) is 14.1. The molecule has 2 aromatic carbocycles. The molecule has 1 aliphatic rings. The first-order valence-electron chi connectivity index (χ1n) is 13.5. The minimum Gasteiger partial charge on any atom is -0.465 e. The second-order valence-corrected chi connectivity index (χ2v) is 13.5. The Labute approximate surface area is 237 Å². The first-order chi connectivity index (χ1) is 18.2. The zero-order chi connectivity index (χ0) is 27.8. The molecule has 6 nitrogen and oxygen atoms in total. The van der Waals surface area contributed by atoms with Crippen molar-refractivity contribution in [3.05, 3.63) is 48.0 Å². The molecule has 1 aliphatic heterocycles. The van der Waals surface area contributed by atoms with Gasteiger partial charge in [-0.3, -0.25) is 4.79 Å². The number of fused-ring (bicyclic) bond motifs is 1. The lowest BCUT2D eigenvalue weighted by molar-refractivity contribution is -0.139. The third kappa shape index (κ3) is 6.90. The molecule has 3 rings (SSSR count). The summed E-state index contributed by atoms with van der Waals surface area (Å²) in [6.45, 7) is 7.07. The maximum absolute atomic E-state index is 14.4. The molecule has 0 unspecified atom stereocenters. The zero-order valence-corrected chi connectivity index (χ0v) is 25.8. The van der Waals surface area contributed by atoms with E-state index in [1.165, 1.54) is 11.8 Å². The van der Waals surface area contributed by atoms with Gasteiger partial charge in [-0.1, -0.05) is 57.7 Å². The summed E-state index contributed by atoms with van der Waals surface area (Å²) in [5, 5.41) is 0. The normalized spacial score (nSPS) is 16.6. The number of likely N-dealkylation sites (N-methyl/N-ethyl adjacent to an activating group) is 1. The highest BCUT2D eigenvalue weighted by Gasteiger charge is 2.46. The molecular formula is C29H42N2O4S3. The summed E-state index contributed by atoms with van der Waals surface area (Å²) in [5.74, 6) is 0.514. The van der Waals surface area contributed by atoms with Gasteiger partial charge in [-0.25, -0.2) is 8.42 Å². The van der Waals surface area contributed by atoms with Crippen LogP contribution in [0.1, 0.15) is 64.9 Å². The number of unbranched alkanes of at least 4 members (excludes halogenated alkanes) is 2. The van der Waals surface area contributed by atoms with Gasteiger partial charge in [-0.15, -0.1) is 23.5 Å². The number of para-hydroxylation sites is 1. The zero-order valence-electron chi connectivity index (χ0n) is 23.4. The Kier molecular flexibility index (Phi) is 11.4. The molecule has 2 aromatic rings. The molecule has 9 heteroatoms. The lowest BCUT2D eigenvalue weighted by Crippen LogP contribution is -2.53. The van der Waals surface area contributed by atoms with Gasteiger partial charge in [-0.05, 0) is 55.9 Å². The number of hydrogen-bond acceptors (Lipinski definition) is 7. The van der Waals surface area contributed by atoms with E-state index in [0.717, 1.165) is 60.4 Å². The van der Waals surface area contributed by atoms with Crippen LogP contribution in [0.2, 0.25) is 0 Å². The third-order valence-electron chi connectivity index (χ3n) is 7.25. The summed E-state index contributed by atoms with van der Waals surface area (Å²) in [6, 6.07) is 14.0. The molecule has 0 spiro atoms. The van der Waals surface area contributed by atoms with Gasteiger partial charge in [0.15, 0.2) is 0 Å². The van der Waals surface area contributed by atoms with Crippen LogP contribution in [0.25, 0.3) is 0 Å². The van der Waals surface area contributed by atoms with Crippen LogP contribution in [0.4, 0.5) is 11.4 Å². The number of anilines is 2. The van der Waals surface area contributed by atoms with Crippen LogP contribution in [0.5, 0.6) is 0 Å². The molecule has 0 aliphatic carbocycles. The van der Waals surface area contributed by atoms with Crippen LogP contribution >= 0.6 is 23.5 Å². The van der Waals surface area contributed by atoms with Gasteiger partial charge in [0.25, 0.3) is 0 Å². The number of esters is 1. The Morgan fingerprint density at radius 1 is 1.05 bits per heavy atom. The van der Waals surface area contributed by atoms with Gasteiger partial charge in [0.1, 0.15) is 4.90 Å². The number of rotatable bonds is 13. The molecule has 0 N–H and O–H groups in total. The number of thioether (sulfide) groups is 2. The monoisotopic (exact) mass is 578 g/mol. The van der Waals surface area contributed by atoms with E-state index in [2.05, 4.69) is 30.9 Å². The second-order valence-electron chi connectivity index (χ2n) is 9.76. The predicted octanol–water partition coefficient (Wildman–Crippen LogP) is 7.10. The van der Waals surface area contributed by atoms with Crippen molar-refractivity contribution in [1.29, 1.82) is 0 Å². The van der Waals surface area contributed by atoms with Crippen molar-refractivity contribution >= 4 is 50.9 Å².